The molecule has 1 atom stereocenters. The predicted molar refractivity (Wildman–Crippen MR) is 147 cm³/mol. The van der Waals surface area contributed by atoms with Gasteiger partial charge < -0.3 is 19.9 Å². The molecule has 1 saturated carbocycles. The van der Waals surface area contributed by atoms with E-state index in [-0.39, 0.29) is 23.8 Å². The second-order valence-electron chi connectivity index (χ2n) is 10.3. The Morgan fingerprint density at radius 1 is 1.21 bits per heavy atom. The van der Waals surface area contributed by atoms with E-state index in [9.17, 15) is 9.59 Å². The number of amides is 2. The molecule has 0 aliphatic heterocycles. The fraction of sp³-hybridized carbons (Fsp3) is 0.444. The van der Waals surface area contributed by atoms with E-state index < -0.39 is 0 Å². The Morgan fingerprint density at radius 2 is 2.05 bits per heavy atom. The first-order chi connectivity index (χ1) is 18.4. The topological polar surface area (TPSA) is 116 Å². The smallest absolute Gasteiger partial charge is 0.226 e. The van der Waals surface area contributed by atoms with Crippen LogP contribution in [0.5, 0.6) is 5.75 Å². The Labute approximate surface area is 224 Å². The number of nitrogens with one attached hydrogen (secondary N) is 2. The van der Waals surface area contributed by atoms with Crippen LogP contribution in [0.4, 0.5) is 11.5 Å². The van der Waals surface area contributed by atoms with E-state index in [1.165, 1.54) is 10.4 Å². The number of anilines is 2. The van der Waals surface area contributed by atoms with E-state index >= 15 is 0 Å². The quantitative estimate of drug-likeness (QED) is 0.353. The van der Waals surface area contributed by atoms with Crippen LogP contribution in [0.15, 0.2) is 24.7 Å². The van der Waals surface area contributed by atoms with Crippen LogP contribution in [0, 0.1) is 5.92 Å². The van der Waals surface area contributed by atoms with Crippen molar-refractivity contribution in [3.8, 4) is 5.75 Å². The standard InChI is InChI=1S/C27H31N7O3S/c1-33(2)23(35)8-9-34(17-5-6-17)27(36)15-4-7-18-22(11-15)38-26-24(18)25(28-14-29-26)31-20-10-16-13-30-32-19(16)12-21(20)37-3/h10,12-15,17H,4-9,11H2,1-3H3,(H,30,32)(H,28,29,31)/t15-/m0/s1. The highest BCUT2D eigenvalue weighted by Gasteiger charge is 2.38. The van der Waals surface area contributed by atoms with Gasteiger partial charge in [0.2, 0.25) is 11.8 Å². The molecule has 38 heavy (non-hydrogen) atoms. The van der Waals surface area contributed by atoms with Crippen LogP contribution in [0.25, 0.3) is 21.1 Å². The van der Waals surface area contributed by atoms with E-state index in [0.29, 0.717) is 25.1 Å². The number of H-pyrrole nitrogens is 1. The second-order valence-corrected chi connectivity index (χ2v) is 11.4. The lowest BCUT2D eigenvalue weighted by Gasteiger charge is -2.30. The third kappa shape index (κ3) is 4.55. The molecular weight excluding hydrogens is 502 g/mol. The number of aromatic nitrogens is 4. The molecule has 0 radical (unpaired) electrons. The Morgan fingerprint density at radius 3 is 2.82 bits per heavy atom. The average Bonchev–Trinajstić information content (AvgIpc) is 3.52. The molecule has 2 amide bonds. The maximum Gasteiger partial charge on any atom is 0.226 e. The molecule has 1 fully saturated rings. The van der Waals surface area contributed by atoms with Crippen molar-refractivity contribution in [2.45, 2.75) is 44.6 Å². The molecule has 3 aromatic heterocycles. The molecule has 2 aliphatic rings. The molecule has 3 heterocycles. The summed E-state index contributed by atoms with van der Waals surface area (Å²) >= 11 is 1.65. The van der Waals surface area contributed by atoms with Gasteiger partial charge in [-0.2, -0.15) is 5.10 Å². The van der Waals surface area contributed by atoms with Crippen molar-refractivity contribution in [1.29, 1.82) is 0 Å². The number of hydrogen-bond donors (Lipinski definition) is 2. The van der Waals surface area contributed by atoms with Crippen molar-refractivity contribution in [2.24, 2.45) is 5.92 Å². The summed E-state index contributed by atoms with van der Waals surface area (Å²) in [6.45, 7) is 0.499. The fourth-order valence-electron chi connectivity index (χ4n) is 5.31. The maximum atomic E-state index is 13.6. The minimum absolute atomic E-state index is 0.0565. The summed E-state index contributed by atoms with van der Waals surface area (Å²) in [5.74, 6) is 1.60. The molecule has 2 N–H and O–H groups in total. The van der Waals surface area contributed by atoms with Gasteiger partial charge in [0.05, 0.1) is 29.9 Å². The van der Waals surface area contributed by atoms with Crippen molar-refractivity contribution < 1.29 is 14.3 Å². The number of ether oxygens (including phenoxy) is 1. The van der Waals surface area contributed by atoms with Crippen molar-refractivity contribution >= 4 is 55.8 Å². The summed E-state index contributed by atoms with van der Waals surface area (Å²) in [6.07, 6.45) is 8.05. The molecule has 2 aliphatic carbocycles. The van der Waals surface area contributed by atoms with Crippen molar-refractivity contribution in [1.82, 2.24) is 30.0 Å². The number of thiophene rings is 1. The Bertz CT molecular complexity index is 1520. The first-order valence-corrected chi connectivity index (χ1v) is 13.8. The summed E-state index contributed by atoms with van der Waals surface area (Å²) < 4.78 is 5.62. The molecule has 1 aromatic carbocycles. The number of benzene rings is 1. The first-order valence-electron chi connectivity index (χ1n) is 13.0. The van der Waals surface area contributed by atoms with Crippen LogP contribution in [0.2, 0.25) is 0 Å². The molecule has 10 nitrogen and oxygen atoms in total. The van der Waals surface area contributed by atoms with Crippen LogP contribution in [-0.2, 0) is 22.4 Å². The molecule has 11 heteroatoms. The number of hydrogen-bond acceptors (Lipinski definition) is 8. The van der Waals surface area contributed by atoms with Crippen molar-refractivity contribution in [3.05, 3.63) is 35.1 Å². The van der Waals surface area contributed by atoms with Gasteiger partial charge in [-0.3, -0.25) is 14.7 Å². The monoisotopic (exact) mass is 533 g/mol. The summed E-state index contributed by atoms with van der Waals surface area (Å²) in [4.78, 5) is 40.6. The normalized spacial score (nSPS) is 16.9. The SMILES string of the molecule is COc1cc2[nH]ncc2cc1Nc1ncnc2sc3c(c12)CC[C@H](C(=O)N(CCC(=O)N(C)C)C1CC1)C3. The minimum atomic E-state index is -0.0708. The van der Waals surface area contributed by atoms with Gasteiger partial charge in [-0.05, 0) is 43.7 Å². The van der Waals surface area contributed by atoms with E-state index in [1.54, 1.807) is 50.0 Å². The summed E-state index contributed by atoms with van der Waals surface area (Å²) in [5.41, 5.74) is 2.93. The van der Waals surface area contributed by atoms with E-state index in [1.807, 2.05) is 17.0 Å². The highest BCUT2D eigenvalue weighted by Crippen LogP contribution is 2.42. The summed E-state index contributed by atoms with van der Waals surface area (Å²) in [7, 11) is 5.16. The molecule has 0 unspecified atom stereocenters. The van der Waals surface area contributed by atoms with Gasteiger partial charge in [-0.1, -0.05) is 0 Å². The third-order valence-electron chi connectivity index (χ3n) is 7.54. The molecular formula is C27H31N7O3S. The minimum Gasteiger partial charge on any atom is -0.494 e. The van der Waals surface area contributed by atoms with Gasteiger partial charge >= 0.3 is 0 Å². The summed E-state index contributed by atoms with van der Waals surface area (Å²) in [5, 5.41) is 12.6. The van der Waals surface area contributed by atoms with Crippen LogP contribution in [0.3, 0.4) is 0 Å². The zero-order valence-electron chi connectivity index (χ0n) is 21.8. The number of rotatable bonds is 8. The van der Waals surface area contributed by atoms with E-state index in [0.717, 1.165) is 58.3 Å². The number of carbonyl (C=O) groups excluding carboxylic acids is 2. The number of aryl methyl sites for hydroxylation is 1. The molecule has 4 aromatic rings. The lowest BCUT2D eigenvalue weighted by atomic mass is 9.86. The lowest BCUT2D eigenvalue weighted by molar-refractivity contribution is -0.137. The molecule has 0 bridgehead atoms. The highest BCUT2D eigenvalue weighted by molar-refractivity contribution is 7.19. The second kappa shape index (κ2) is 9.86. The van der Waals surface area contributed by atoms with Gasteiger partial charge in [0.25, 0.3) is 0 Å². The largest absolute Gasteiger partial charge is 0.494 e. The van der Waals surface area contributed by atoms with Gasteiger partial charge in [0.1, 0.15) is 22.7 Å². The first kappa shape index (κ1) is 24.6. The molecule has 0 spiro atoms. The number of methoxy groups -OCH3 is 1. The zero-order chi connectivity index (χ0) is 26.4. The number of carbonyl (C=O) groups is 2. The van der Waals surface area contributed by atoms with Gasteiger partial charge in [0.15, 0.2) is 0 Å². The number of nitrogens with zero attached hydrogens (tertiary/aromatic N) is 5. The molecule has 6 rings (SSSR count). The lowest BCUT2D eigenvalue weighted by Crippen LogP contribution is -2.41. The van der Waals surface area contributed by atoms with Crippen LogP contribution < -0.4 is 10.1 Å². The van der Waals surface area contributed by atoms with Crippen molar-refractivity contribution in [3.63, 3.8) is 0 Å². The van der Waals surface area contributed by atoms with E-state index in [4.69, 9.17) is 4.74 Å². The number of aromatic amines is 1. The molecule has 0 saturated heterocycles. The third-order valence-corrected chi connectivity index (χ3v) is 8.71. The Balaban J connectivity index is 1.25. The van der Waals surface area contributed by atoms with Crippen LogP contribution in [0.1, 0.15) is 36.1 Å². The molecule has 198 valence electrons. The maximum absolute atomic E-state index is 13.6. The zero-order valence-corrected chi connectivity index (χ0v) is 22.6. The van der Waals surface area contributed by atoms with Gasteiger partial charge in [0, 0.05) is 55.4 Å². The average molecular weight is 534 g/mol. The predicted octanol–water partition coefficient (Wildman–Crippen LogP) is 3.89. The highest BCUT2D eigenvalue weighted by atomic mass is 32.1. The van der Waals surface area contributed by atoms with Gasteiger partial charge in [-0.25, -0.2) is 9.97 Å². The van der Waals surface area contributed by atoms with E-state index in [2.05, 4.69) is 25.5 Å². The fourth-order valence-corrected chi connectivity index (χ4v) is 6.58. The van der Waals surface area contributed by atoms with Gasteiger partial charge in [-0.15, -0.1) is 11.3 Å². The Hall–Kier alpha value is -3.73. The Kier molecular flexibility index (Phi) is 6.38. The number of fused-ring (bicyclic) bond motifs is 4. The van der Waals surface area contributed by atoms with Crippen molar-refractivity contribution in [2.75, 3.05) is 33.1 Å². The van der Waals surface area contributed by atoms with Crippen LogP contribution >= 0.6 is 11.3 Å². The van der Waals surface area contributed by atoms with Crippen LogP contribution in [-0.4, -0.2) is 75.6 Å². The summed E-state index contributed by atoms with van der Waals surface area (Å²) in [6, 6.07) is 4.19.